The number of hydrogen-bond donors (Lipinski definition) is 2. The van der Waals surface area contributed by atoms with Crippen LogP contribution < -0.4 is 5.32 Å². The van der Waals surface area contributed by atoms with E-state index in [1.165, 1.54) is 6.20 Å². The Morgan fingerprint density at radius 2 is 2.00 bits per heavy atom. The van der Waals surface area contributed by atoms with Crippen LogP contribution in [0.5, 0.6) is 0 Å². The van der Waals surface area contributed by atoms with Crippen LogP contribution in [0.3, 0.4) is 0 Å². The number of anilines is 1. The third kappa shape index (κ3) is 3.07. The maximum atomic E-state index is 11.3. The zero-order valence-electron chi connectivity index (χ0n) is 9.95. The Balaban J connectivity index is 2.22. The molecule has 0 aliphatic heterocycles. The van der Waals surface area contributed by atoms with Crippen molar-refractivity contribution >= 4 is 11.8 Å². The van der Waals surface area contributed by atoms with Gasteiger partial charge in [0.15, 0.2) is 6.04 Å². The molecule has 1 unspecified atom stereocenters. The summed E-state index contributed by atoms with van der Waals surface area (Å²) < 4.78 is 0. The number of aliphatic carboxylic acids is 1. The van der Waals surface area contributed by atoms with Gasteiger partial charge in [0.25, 0.3) is 0 Å². The number of benzene rings is 1. The molecule has 0 saturated carbocycles. The Morgan fingerprint density at radius 3 is 2.53 bits per heavy atom. The van der Waals surface area contributed by atoms with Crippen molar-refractivity contribution in [2.24, 2.45) is 0 Å². The van der Waals surface area contributed by atoms with Crippen LogP contribution in [0.15, 0.2) is 48.7 Å². The number of rotatable bonds is 4. The summed E-state index contributed by atoms with van der Waals surface area (Å²) >= 11 is 0. The van der Waals surface area contributed by atoms with E-state index in [9.17, 15) is 9.90 Å². The monoisotopic (exact) mass is 253 g/mol. The molecular formula is C14H11N3O2. The summed E-state index contributed by atoms with van der Waals surface area (Å²) in [6.07, 6.45) is 1.40. The van der Waals surface area contributed by atoms with Gasteiger partial charge in [0, 0.05) is 6.20 Å². The molecule has 1 atom stereocenters. The topological polar surface area (TPSA) is 86.0 Å². The van der Waals surface area contributed by atoms with Crippen molar-refractivity contribution in [2.45, 2.75) is 6.04 Å². The van der Waals surface area contributed by atoms with Crippen molar-refractivity contribution in [3.05, 3.63) is 59.8 Å². The average Bonchev–Trinajstić information content (AvgIpc) is 2.46. The molecule has 2 rings (SSSR count). The normalized spacial score (nSPS) is 11.3. The van der Waals surface area contributed by atoms with E-state index in [4.69, 9.17) is 5.26 Å². The summed E-state index contributed by atoms with van der Waals surface area (Å²) in [5.41, 5.74) is 1.07. The highest BCUT2D eigenvalue weighted by atomic mass is 16.4. The first-order valence-electron chi connectivity index (χ1n) is 5.61. The maximum Gasteiger partial charge on any atom is 0.330 e. The molecule has 0 spiro atoms. The van der Waals surface area contributed by atoms with Crippen LogP contribution in [0.25, 0.3) is 0 Å². The number of hydrogen-bond acceptors (Lipinski definition) is 4. The molecule has 0 radical (unpaired) electrons. The molecule has 0 amide bonds. The van der Waals surface area contributed by atoms with Crippen LogP contribution in [0, 0.1) is 11.3 Å². The third-order valence-electron chi connectivity index (χ3n) is 2.56. The lowest BCUT2D eigenvalue weighted by Crippen LogP contribution is -2.20. The van der Waals surface area contributed by atoms with Gasteiger partial charge in [-0.25, -0.2) is 9.78 Å². The van der Waals surface area contributed by atoms with Crippen LogP contribution in [0.4, 0.5) is 5.82 Å². The van der Waals surface area contributed by atoms with Gasteiger partial charge in [-0.2, -0.15) is 5.26 Å². The molecule has 0 fully saturated rings. The number of carbonyl (C=O) groups is 1. The predicted molar refractivity (Wildman–Crippen MR) is 69.4 cm³/mol. The molecule has 5 heteroatoms. The van der Waals surface area contributed by atoms with Crippen molar-refractivity contribution in [1.82, 2.24) is 4.98 Å². The van der Waals surface area contributed by atoms with Gasteiger partial charge in [-0.05, 0) is 17.7 Å². The minimum absolute atomic E-state index is 0.412. The number of pyridine rings is 1. The molecule has 0 aliphatic carbocycles. The maximum absolute atomic E-state index is 11.3. The number of nitrogens with one attached hydrogen (secondary N) is 1. The van der Waals surface area contributed by atoms with E-state index in [0.717, 1.165) is 0 Å². The van der Waals surface area contributed by atoms with Crippen molar-refractivity contribution in [2.75, 3.05) is 5.32 Å². The van der Waals surface area contributed by atoms with Gasteiger partial charge in [0.1, 0.15) is 11.9 Å². The van der Waals surface area contributed by atoms with E-state index in [0.29, 0.717) is 16.9 Å². The van der Waals surface area contributed by atoms with Gasteiger partial charge in [0.05, 0.1) is 5.56 Å². The first kappa shape index (κ1) is 12.6. The second-order valence-electron chi connectivity index (χ2n) is 3.87. The quantitative estimate of drug-likeness (QED) is 0.872. The third-order valence-corrected chi connectivity index (χ3v) is 2.56. The fourth-order valence-corrected chi connectivity index (χ4v) is 1.63. The fraction of sp³-hybridized carbons (Fsp3) is 0.0714. The zero-order valence-corrected chi connectivity index (χ0v) is 9.95. The molecule has 19 heavy (non-hydrogen) atoms. The van der Waals surface area contributed by atoms with E-state index >= 15 is 0 Å². The Morgan fingerprint density at radius 1 is 1.26 bits per heavy atom. The smallest absolute Gasteiger partial charge is 0.330 e. The van der Waals surface area contributed by atoms with Crippen molar-refractivity contribution in [3.63, 3.8) is 0 Å². The first-order valence-corrected chi connectivity index (χ1v) is 5.61. The van der Waals surface area contributed by atoms with Gasteiger partial charge in [0.2, 0.25) is 0 Å². The molecule has 0 saturated heterocycles. The molecule has 94 valence electrons. The Labute approximate surface area is 110 Å². The predicted octanol–water partition coefficient (Wildman–Crippen LogP) is 2.19. The molecule has 1 aromatic heterocycles. The summed E-state index contributed by atoms with van der Waals surface area (Å²) in [5.74, 6) is -0.576. The standard InChI is InChI=1S/C14H11N3O2/c15-8-10-6-7-12(16-9-10)17-13(14(18)19)11-4-2-1-3-5-11/h1-7,9,13H,(H,16,17)(H,18,19). The summed E-state index contributed by atoms with van der Waals surface area (Å²) in [7, 11) is 0. The summed E-state index contributed by atoms with van der Waals surface area (Å²) in [6.45, 7) is 0. The highest BCUT2D eigenvalue weighted by Crippen LogP contribution is 2.18. The minimum Gasteiger partial charge on any atom is -0.479 e. The lowest BCUT2D eigenvalue weighted by molar-refractivity contribution is -0.138. The largest absolute Gasteiger partial charge is 0.479 e. The van der Waals surface area contributed by atoms with Crippen LogP contribution in [-0.2, 0) is 4.79 Å². The second kappa shape index (κ2) is 5.65. The van der Waals surface area contributed by atoms with Gasteiger partial charge < -0.3 is 10.4 Å². The van der Waals surface area contributed by atoms with Crippen LogP contribution in [0.2, 0.25) is 0 Å². The Bertz CT molecular complexity index is 603. The summed E-state index contributed by atoms with van der Waals surface area (Å²) in [4.78, 5) is 15.3. The Hall–Kier alpha value is -2.87. The van der Waals surface area contributed by atoms with Crippen LogP contribution in [0.1, 0.15) is 17.2 Å². The number of aromatic nitrogens is 1. The number of carboxylic acid groups (broad SMARTS) is 1. The van der Waals surface area contributed by atoms with Crippen LogP contribution >= 0.6 is 0 Å². The van der Waals surface area contributed by atoms with E-state index in [2.05, 4.69) is 10.3 Å². The van der Waals surface area contributed by atoms with E-state index in [-0.39, 0.29) is 0 Å². The van der Waals surface area contributed by atoms with Gasteiger partial charge >= 0.3 is 5.97 Å². The summed E-state index contributed by atoms with van der Waals surface area (Å²) in [6, 6.07) is 13.1. The lowest BCUT2D eigenvalue weighted by Gasteiger charge is -2.15. The summed E-state index contributed by atoms with van der Waals surface area (Å²) in [5, 5.41) is 20.7. The average molecular weight is 253 g/mol. The molecule has 0 bridgehead atoms. The lowest BCUT2D eigenvalue weighted by atomic mass is 10.1. The van der Waals surface area contributed by atoms with E-state index < -0.39 is 12.0 Å². The molecule has 1 aromatic carbocycles. The van der Waals surface area contributed by atoms with Gasteiger partial charge in [-0.3, -0.25) is 0 Å². The van der Waals surface area contributed by atoms with E-state index in [1.54, 1.807) is 36.4 Å². The highest BCUT2D eigenvalue weighted by Gasteiger charge is 2.19. The molecule has 1 heterocycles. The second-order valence-corrected chi connectivity index (χ2v) is 3.87. The number of nitrogens with zero attached hydrogens (tertiary/aromatic N) is 2. The van der Waals surface area contributed by atoms with Gasteiger partial charge in [-0.15, -0.1) is 0 Å². The van der Waals surface area contributed by atoms with E-state index in [1.807, 2.05) is 12.1 Å². The zero-order chi connectivity index (χ0) is 13.7. The van der Waals surface area contributed by atoms with Crippen LogP contribution in [-0.4, -0.2) is 16.1 Å². The van der Waals surface area contributed by atoms with Crippen molar-refractivity contribution < 1.29 is 9.90 Å². The molecular weight excluding hydrogens is 242 g/mol. The fourth-order valence-electron chi connectivity index (χ4n) is 1.63. The molecule has 0 aliphatic rings. The highest BCUT2D eigenvalue weighted by molar-refractivity contribution is 5.78. The van der Waals surface area contributed by atoms with Crippen molar-refractivity contribution in [3.8, 4) is 6.07 Å². The van der Waals surface area contributed by atoms with Crippen molar-refractivity contribution in [1.29, 1.82) is 5.26 Å². The minimum atomic E-state index is -0.989. The SMILES string of the molecule is N#Cc1ccc(NC(C(=O)O)c2ccccc2)nc1. The number of nitriles is 1. The molecule has 5 nitrogen and oxygen atoms in total. The Kier molecular flexibility index (Phi) is 3.74. The first-order chi connectivity index (χ1) is 9.20. The van der Waals surface area contributed by atoms with Gasteiger partial charge in [-0.1, -0.05) is 30.3 Å². The number of carboxylic acids is 1. The molecule has 2 aromatic rings. The molecule has 2 N–H and O–H groups in total.